The fourth-order valence-electron chi connectivity index (χ4n) is 3.18. The smallest absolute Gasteiger partial charge is 0.193 e. The highest BCUT2D eigenvalue weighted by Crippen LogP contribution is 2.37. The Morgan fingerprint density at radius 2 is 1.50 bits per heavy atom. The van der Waals surface area contributed by atoms with Crippen LogP contribution in [0.4, 0.5) is 10.3 Å². The van der Waals surface area contributed by atoms with Gasteiger partial charge in [0.15, 0.2) is 15.7 Å². The summed E-state index contributed by atoms with van der Waals surface area (Å²) >= 11 is 0. The van der Waals surface area contributed by atoms with Crippen molar-refractivity contribution in [1.29, 1.82) is 0 Å². The van der Waals surface area contributed by atoms with E-state index in [1.165, 1.54) is 18.4 Å². The molecule has 4 nitrogen and oxygen atoms in total. The molecule has 0 fully saturated rings. The molecular weight excluding hydrogens is 377 g/mol. The van der Waals surface area contributed by atoms with E-state index in [4.69, 9.17) is 4.42 Å². The van der Waals surface area contributed by atoms with Crippen molar-refractivity contribution >= 4 is 26.7 Å². The largest absolute Gasteiger partial charge is 0.440 e. The monoisotopic (exact) mass is 395 g/mol. The summed E-state index contributed by atoms with van der Waals surface area (Å²) in [5.41, 5.74) is 4.16. The number of benzene rings is 3. The van der Waals surface area contributed by atoms with E-state index in [1.54, 1.807) is 43.4 Å². The molecule has 0 aliphatic heterocycles. The maximum absolute atomic E-state index is 13.4. The molecular formula is C22H18FNO3S. The summed E-state index contributed by atoms with van der Waals surface area (Å²) in [5.74, 6) is 0.325. The summed E-state index contributed by atoms with van der Waals surface area (Å²) in [5, 5.41) is 3.89. The van der Waals surface area contributed by atoms with Crippen LogP contribution in [0.3, 0.4) is 0 Å². The van der Waals surface area contributed by atoms with E-state index in [1.807, 2.05) is 18.2 Å². The standard InChI is InChI=1S/C22H18FNO3S/c1-24-21-13-17-11-16(14-5-9-19(10-6-14)28(2,25)26)12-20(22(17)27-21)15-3-7-18(23)8-4-15/h3-13,24H,1-2H3. The van der Waals surface area contributed by atoms with E-state index in [0.717, 1.165) is 27.6 Å². The number of fused-ring (bicyclic) bond motifs is 1. The Bertz CT molecular complexity index is 1260. The third kappa shape index (κ3) is 3.39. The third-order valence-electron chi connectivity index (χ3n) is 4.63. The Kier molecular flexibility index (Phi) is 4.43. The molecule has 1 N–H and O–H groups in total. The summed E-state index contributed by atoms with van der Waals surface area (Å²) in [6, 6.07) is 18.9. The van der Waals surface area contributed by atoms with Crippen molar-refractivity contribution in [2.75, 3.05) is 18.6 Å². The average Bonchev–Trinajstić information content (AvgIpc) is 3.11. The second-order valence-electron chi connectivity index (χ2n) is 6.61. The first-order valence-corrected chi connectivity index (χ1v) is 10.6. The molecule has 0 unspecified atom stereocenters. The summed E-state index contributed by atoms with van der Waals surface area (Å²) in [7, 11) is -1.47. The van der Waals surface area contributed by atoms with Crippen LogP contribution in [0.5, 0.6) is 0 Å². The first-order valence-electron chi connectivity index (χ1n) is 8.67. The first-order chi connectivity index (χ1) is 13.3. The highest BCUT2D eigenvalue weighted by molar-refractivity contribution is 7.90. The zero-order chi connectivity index (χ0) is 19.9. The van der Waals surface area contributed by atoms with Gasteiger partial charge in [-0.3, -0.25) is 0 Å². The Morgan fingerprint density at radius 3 is 2.11 bits per heavy atom. The maximum Gasteiger partial charge on any atom is 0.193 e. The van der Waals surface area contributed by atoms with Crippen LogP contribution in [0.15, 0.2) is 76.0 Å². The number of furan rings is 1. The zero-order valence-electron chi connectivity index (χ0n) is 15.4. The van der Waals surface area contributed by atoms with Crippen LogP contribution in [-0.4, -0.2) is 21.7 Å². The number of halogens is 1. The molecule has 0 saturated heterocycles. The Labute approximate surface area is 162 Å². The van der Waals surface area contributed by atoms with Crippen molar-refractivity contribution in [3.8, 4) is 22.3 Å². The highest BCUT2D eigenvalue weighted by atomic mass is 32.2. The normalized spacial score (nSPS) is 11.7. The molecule has 0 spiro atoms. The maximum atomic E-state index is 13.4. The van der Waals surface area contributed by atoms with Gasteiger partial charge in [-0.1, -0.05) is 24.3 Å². The lowest BCUT2D eigenvalue weighted by atomic mass is 9.97. The van der Waals surface area contributed by atoms with E-state index in [9.17, 15) is 12.8 Å². The number of anilines is 1. The summed E-state index contributed by atoms with van der Waals surface area (Å²) in [4.78, 5) is 0.275. The van der Waals surface area contributed by atoms with Gasteiger partial charge in [-0.2, -0.15) is 0 Å². The van der Waals surface area contributed by atoms with E-state index in [2.05, 4.69) is 5.32 Å². The molecule has 0 amide bonds. The minimum Gasteiger partial charge on any atom is -0.440 e. The third-order valence-corrected chi connectivity index (χ3v) is 5.76. The van der Waals surface area contributed by atoms with Crippen LogP contribution in [0.25, 0.3) is 33.2 Å². The van der Waals surface area contributed by atoms with Crippen LogP contribution in [-0.2, 0) is 9.84 Å². The predicted octanol–water partition coefficient (Wildman–Crippen LogP) is 5.35. The van der Waals surface area contributed by atoms with Gasteiger partial charge in [0.05, 0.1) is 4.90 Å². The van der Waals surface area contributed by atoms with Crippen molar-refractivity contribution < 1.29 is 17.2 Å². The molecule has 28 heavy (non-hydrogen) atoms. The minimum absolute atomic E-state index is 0.275. The molecule has 4 aromatic rings. The van der Waals surface area contributed by atoms with Gasteiger partial charge in [0.2, 0.25) is 0 Å². The van der Waals surface area contributed by atoms with Crippen LogP contribution < -0.4 is 5.32 Å². The van der Waals surface area contributed by atoms with Gasteiger partial charge in [-0.15, -0.1) is 0 Å². The van der Waals surface area contributed by atoms with Crippen LogP contribution in [0.2, 0.25) is 0 Å². The van der Waals surface area contributed by atoms with Gasteiger partial charge in [0.1, 0.15) is 11.4 Å². The Morgan fingerprint density at radius 1 is 0.857 bits per heavy atom. The lowest BCUT2D eigenvalue weighted by Gasteiger charge is -2.08. The molecule has 1 heterocycles. The van der Waals surface area contributed by atoms with Gasteiger partial charge in [-0.25, -0.2) is 12.8 Å². The van der Waals surface area contributed by atoms with Gasteiger partial charge in [-0.05, 0) is 53.1 Å². The molecule has 6 heteroatoms. The van der Waals surface area contributed by atoms with Crippen molar-refractivity contribution in [1.82, 2.24) is 0 Å². The zero-order valence-corrected chi connectivity index (χ0v) is 16.2. The predicted molar refractivity (Wildman–Crippen MR) is 110 cm³/mol. The molecule has 142 valence electrons. The Balaban J connectivity index is 1.91. The molecule has 1 aromatic heterocycles. The molecule has 0 bridgehead atoms. The highest BCUT2D eigenvalue weighted by Gasteiger charge is 2.14. The van der Waals surface area contributed by atoms with Crippen LogP contribution in [0, 0.1) is 5.82 Å². The fourth-order valence-corrected chi connectivity index (χ4v) is 3.81. The molecule has 4 rings (SSSR count). The summed E-state index contributed by atoms with van der Waals surface area (Å²) in [6.45, 7) is 0. The molecule has 0 aliphatic carbocycles. The van der Waals surface area contributed by atoms with Gasteiger partial charge < -0.3 is 9.73 Å². The Hall–Kier alpha value is -3.12. The lowest BCUT2D eigenvalue weighted by Crippen LogP contribution is -1.96. The van der Waals surface area contributed by atoms with Crippen molar-refractivity contribution in [2.45, 2.75) is 4.90 Å². The second-order valence-corrected chi connectivity index (χ2v) is 8.62. The van der Waals surface area contributed by atoms with E-state index < -0.39 is 9.84 Å². The van der Waals surface area contributed by atoms with Crippen LogP contribution >= 0.6 is 0 Å². The van der Waals surface area contributed by atoms with E-state index >= 15 is 0 Å². The number of nitrogens with one attached hydrogen (secondary N) is 1. The van der Waals surface area contributed by atoms with Gasteiger partial charge in [0.25, 0.3) is 0 Å². The van der Waals surface area contributed by atoms with Gasteiger partial charge >= 0.3 is 0 Å². The first kappa shape index (κ1) is 18.3. The number of hydrogen-bond acceptors (Lipinski definition) is 4. The van der Waals surface area contributed by atoms with Crippen molar-refractivity contribution in [2.24, 2.45) is 0 Å². The molecule has 0 aliphatic rings. The molecule has 0 atom stereocenters. The average molecular weight is 395 g/mol. The summed E-state index contributed by atoms with van der Waals surface area (Å²) < 4.78 is 42.7. The SMILES string of the molecule is CNc1cc2cc(-c3ccc(S(C)(=O)=O)cc3)cc(-c3ccc(F)cc3)c2o1. The fraction of sp³-hybridized carbons (Fsp3) is 0.0909. The summed E-state index contributed by atoms with van der Waals surface area (Å²) in [6.07, 6.45) is 1.19. The topological polar surface area (TPSA) is 59.3 Å². The molecule has 3 aromatic carbocycles. The number of hydrogen-bond donors (Lipinski definition) is 1. The van der Waals surface area contributed by atoms with Gasteiger partial charge in [0, 0.05) is 30.3 Å². The van der Waals surface area contributed by atoms with E-state index in [0.29, 0.717) is 11.5 Å². The lowest BCUT2D eigenvalue weighted by molar-refractivity contribution is 0.602. The second kappa shape index (κ2) is 6.80. The molecule has 0 saturated carbocycles. The quantitative estimate of drug-likeness (QED) is 0.506. The molecule has 0 radical (unpaired) electrons. The number of rotatable bonds is 4. The van der Waals surface area contributed by atoms with Crippen LogP contribution in [0.1, 0.15) is 0 Å². The van der Waals surface area contributed by atoms with Crippen molar-refractivity contribution in [3.63, 3.8) is 0 Å². The van der Waals surface area contributed by atoms with Crippen molar-refractivity contribution in [3.05, 3.63) is 72.5 Å². The number of sulfone groups is 1. The van der Waals surface area contributed by atoms with E-state index in [-0.39, 0.29) is 10.7 Å². The minimum atomic E-state index is -3.25.